The van der Waals surface area contributed by atoms with Crippen LogP contribution in [0.15, 0.2) is 54.2 Å². The summed E-state index contributed by atoms with van der Waals surface area (Å²) in [6.45, 7) is 7.25. The first-order valence-electron chi connectivity index (χ1n) is 10.9. The average molecular weight is 454 g/mol. The number of hydrogen-bond donors (Lipinski definition) is 0. The Kier molecular flexibility index (Phi) is 6.53. The van der Waals surface area contributed by atoms with Crippen LogP contribution in [0.2, 0.25) is 5.02 Å². The van der Waals surface area contributed by atoms with Crippen LogP contribution in [-0.4, -0.2) is 65.8 Å². The molecule has 32 heavy (non-hydrogen) atoms. The summed E-state index contributed by atoms with van der Waals surface area (Å²) in [5, 5.41) is 0.619. The number of benzene rings is 2. The molecule has 2 aliphatic rings. The molecule has 2 heterocycles. The summed E-state index contributed by atoms with van der Waals surface area (Å²) < 4.78 is 5.74. The van der Waals surface area contributed by atoms with Crippen molar-refractivity contribution in [2.45, 2.75) is 26.5 Å². The zero-order valence-corrected chi connectivity index (χ0v) is 19.4. The Bertz CT molecular complexity index is 1020. The summed E-state index contributed by atoms with van der Waals surface area (Å²) in [6.07, 6.45) is 0.0607. The highest BCUT2D eigenvalue weighted by Gasteiger charge is 2.42. The first kappa shape index (κ1) is 22.4. The van der Waals surface area contributed by atoms with E-state index in [1.807, 2.05) is 50.2 Å². The molecule has 7 heteroatoms. The van der Waals surface area contributed by atoms with E-state index in [-0.39, 0.29) is 24.5 Å². The lowest BCUT2D eigenvalue weighted by Gasteiger charge is -2.34. The molecular weight excluding hydrogens is 426 g/mol. The Balaban J connectivity index is 1.68. The number of carbonyl (C=O) groups is 2. The smallest absolute Gasteiger partial charge is 0.278 e. The Morgan fingerprint density at radius 2 is 1.53 bits per heavy atom. The summed E-state index contributed by atoms with van der Waals surface area (Å²) in [5.74, 6) is 0.226. The van der Waals surface area contributed by atoms with Crippen LogP contribution in [0.4, 0.5) is 0 Å². The number of nitrogens with zero attached hydrogens (tertiary/aromatic N) is 3. The number of halogens is 1. The lowest BCUT2D eigenvalue weighted by molar-refractivity contribution is -0.138. The number of imide groups is 1. The van der Waals surface area contributed by atoms with Crippen LogP contribution in [-0.2, 0) is 16.1 Å². The largest absolute Gasteiger partial charge is 0.491 e. The van der Waals surface area contributed by atoms with Crippen molar-refractivity contribution >= 4 is 29.0 Å². The van der Waals surface area contributed by atoms with Crippen molar-refractivity contribution in [1.82, 2.24) is 14.7 Å². The summed E-state index contributed by atoms with van der Waals surface area (Å²) in [4.78, 5) is 32.6. The van der Waals surface area contributed by atoms with Gasteiger partial charge in [0.2, 0.25) is 0 Å². The maximum Gasteiger partial charge on any atom is 0.278 e. The summed E-state index contributed by atoms with van der Waals surface area (Å²) >= 11 is 5.99. The number of ether oxygens (including phenoxy) is 1. The molecule has 6 nitrogen and oxygen atoms in total. The average Bonchev–Trinajstić information content (AvgIpc) is 3.01. The molecule has 0 saturated carbocycles. The molecule has 2 aromatic rings. The number of rotatable bonds is 6. The molecule has 0 N–H and O–H groups in total. The van der Waals surface area contributed by atoms with E-state index in [4.69, 9.17) is 16.3 Å². The lowest BCUT2D eigenvalue weighted by atomic mass is 10.0. The third kappa shape index (κ3) is 4.66. The van der Waals surface area contributed by atoms with Gasteiger partial charge in [-0.25, -0.2) is 0 Å². The van der Waals surface area contributed by atoms with Crippen LogP contribution < -0.4 is 4.74 Å². The number of hydrogen-bond acceptors (Lipinski definition) is 5. The van der Waals surface area contributed by atoms with Crippen molar-refractivity contribution in [1.29, 1.82) is 0 Å². The zero-order chi connectivity index (χ0) is 22.8. The van der Waals surface area contributed by atoms with E-state index in [1.165, 1.54) is 4.90 Å². The molecule has 1 fully saturated rings. The molecule has 2 aliphatic heterocycles. The maximum atomic E-state index is 13.5. The summed E-state index contributed by atoms with van der Waals surface area (Å²) in [6, 6.07) is 14.6. The van der Waals surface area contributed by atoms with Gasteiger partial charge in [-0.15, -0.1) is 0 Å². The minimum Gasteiger partial charge on any atom is -0.491 e. The lowest BCUT2D eigenvalue weighted by Crippen LogP contribution is -2.46. The fourth-order valence-corrected chi connectivity index (χ4v) is 4.16. The maximum absolute atomic E-state index is 13.5. The van der Waals surface area contributed by atoms with E-state index in [0.717, 1.165) is 30.0 Å². The normalized spacial score (nSPS) is 17.7. The second kappa shape index (κ2) is 9.35. The molecule has 0 bridgehead atoms. The Labute approximate surface area is 194 Å². The SMILES string of the molecule is CC(C)Oc1ccc(C2=C(N3CCN(C)CC3)C(=O)N(Cc3ccc(Cl)cc3)C2=O)cc1. The first-order valence-corrected chi connectivity index (χ1v) is 11.3. The van der Waals surface area contributed by atoms with Gasteiger partial charge in [0, 0.05) is 31.2 Å². The van der Waals surface area contributed by atoms with Gasteiger partial charge in [0.1, 0.15) is 11.4 Å². The zero-order valence-electron chi connectivity index (χ0n) is 18.7. The monoisotopic (exact) mass is 453 g/mol. The molecule has 2 amide bonds. The van der Waals surface area contributed by atoms with Crippen LogP contribution in [0.1, 0.15) is 25.0 Å². The quantitative estimate of drug-likeness (QED) is 0.625. The Morgan fingerprint density at radius 1 is 0.906 bits per heavy atom. The second-order valence-electron chi connectivity index (χ2n) is 8.53. The van der Waals surface area contributed by atoms with Crippen molar-refractivity contribution in [3.8, 4) is 5.75 Å². The van der Waals surface area contributed by atoms with E-state index in [2.05, 4.69) is 16.8 Å². The molecule has 0 unspecified atom stereocenters. The van der Waals surface area contributed by atoms with Crippen LogP contribution in [0.25, 0.3) is 5.57 Å². The first-order chi connectivity index (χ1) is 15.3. The molecule has 1 saturated heterocycles. The number of piperazine rings is 1. The molecule has 0 aromatic heterocycles. The van der Waals surface area contributed by atoms with Crippen LogP contribution >= 0.6 is 11.6 Å². The molecule has 168 valence electrons. The summed E-state index contributed by atoms with van der Waals surface area (Å²) in [5.41, 5.74) is 2.54. The van der Waals surface area contributed by atoms with Crippen molar-refractivity contribution in [3.63, 3.8) is 0 Å². The molecule has 0 aliphatic carbocycles. The molecular formula is C25H28ClN3O3. The van der Waals surface area contributed by atoms with Gasteiger partial charge in [-0.3, -0.25) is 14.5 Å². The van der Waals surface area contributed by atoms with Crippen molar-refractivity contribution in [2.75, 3.05) is 33.2 Å². The summed E-state index contributed by atoms with van der Waals surface area (Å²) in [7, 11) is 2.06. The van der Waals surface area contributed by atoms with Gasteiger partial charge in [0.25, 0.3) is 11.8 Å². The predicted molar refractivity (Wildman–Crippen MR) is 125 cm³/mol. The molecule has 4 rings (SSSR count). The number of amides is 2. The van der Waals surface area contributed by atoms with Crippen LogP contribution in [0.3, 0.4) is 0 Å². The number of likely N-dealkylation sites (N-methyl/N-ethyl adjacent to an activating group) is 1. The Hall–Kier alpha value is -2.83. The van der Waals surface area contributed by atoms with Gasteiger partial charge in [-0.2, -0.15) is 0 Å². The van der Waals surface area contributed by atoms with Gasteiger partial charge in [0.05, 0.1) is 18.2 Å². The minimum atomic E-state index is -0.267. The van der Waals surface area contributed by atoms with Crippen LogP contribution in [0.5, 0.6) is 5.75 Å². The van der Waals surface area contributed by atoms with E-state index in [9.17, 15) is 9.59 Å². The van der Waals surface area contributed by atoms with Crippen LogP contribution in [0, 0.1) is 0 Å². The van der Waals surface area contributed by atoms with E-state index < -0.39 is 0 Å². The number of carbonyl (C=O) groups excluding carboxylic acids is 2. The second-order valence-corrected chi connectivity index (χ2v) is 8.96. The van der Waals surface area contributed by atoms with Gasteiger partial charge in [-0.05, 0) is 56.3 Å². The molecule has 2 aromatic carbocycles. The van der Waals surface area contributed by atoms with Gasteiger partial charge >= 0.3 is 0 Å². The van der Waals surface area contributed by atoms with E-state index in [1.54, 1.807) is 12.1 Å². The van der Waals surface area contributed by atoms with E-state index >= 15 is 0 Å². The van der Waals surface area contributed by atoms with Gasteiger partial charge in [-0.1, -0.05) is 35.9 Å². The highest BCUT2D eigenvalue weighted by atomic mass is 35.5. The van der Waals surface area contributed by atoms with E-state index in [0.29, 0.717) is 29.4 Å². The fourth-order valence-electron chi connectivity index (χ4n) is 4.04. The topological polar surface area (TPSA) is 53.1 Å². The Morgan fingerprint density at radius 3 is 2.12 bits per heavy atom. The highest BCUT2D eigenvalue weighted by Crippen LogP contribution is 2.34. The molecule has 0 atom stereocenters. The molecule has 0 radical (unpaired) electrons. The van der Waals surface area contributed by atoms with Crippen molar-refractivity contribution in [2.24, 2.45) is 0 Å². The van der Waals surface area contributed by atoms with Gasteiger partial charge in [0.15, 0.2) is 0 Å². The predicted octanol–water partition coefficient (Wildman–Crippen LogP) is 3.65. The van der Waals surface area contributed by atoms with Gasteiger partial charge < -0.3 is 14.5 Å². The van der Waals surface area contributed by atoms with Crippen molar-refractivity contribution < 1.29 is 14.3 Å². The highest BCUT2D eigenvalue weighted by molar-refractivity contribution is 6.35. The minimum absolute atomic E-state index is 0.0607. The van der Waals surface area contributed by atoms with Crippen molar-refractivity contribution in [3.05, 3.63) is 70.4 Å². The molecule has 0 spiro atoms. The fraction of sp³-hybridized carbons (Fsp3) is 0.360. The third-order valence-electron chi connectivity index (χ3n) is 5.73. The third-order valence-corrected chi connectivity index (χ3v) is 5.98. The standard InChI is InChI=1S/C25H28ClN3O3/c1-17(2)32-21-10-6-19(7-11-21)22-23(28-14-12-27(3)13-15-28)25(31)29(24(22)30)16-18-4-8-20(26)9-5-18/h4-11,17H,12-16H2,1-3H3.